The average Bonchev–Trinajstić information content (AvgIpc) is 3.71. The molecule has 17 heteroatoms. The Hall–Kier alpha value is -6.27. The van der Waals surface area contributed by atoms with Gasteiger partial charge in [-0.2, -0.15) is 0 Å². The molecule has 0 unspecified atom stereocenters. The maximum Gasteiger partial charge on any atom is 0.251 e. The Balaban J connectivity index is 0.000000544. The van der Waals surface area contributed by atoms with E-state index in [0.29, 0.717) is 106 Å². The Kier molecular flexibility index (Phi) is 29.0. The fourth-order valence-electron chi connectivity index (χ4n) is 6.41. The highest BCUT2D eigenvalue weighted by molar-refractivity contribution is 6.34. The van der Waals surface area contributed by atoms with E-state index in [9.17, 15) is 9.59 Å². The van der Waals surface area contributed by atoms with Gasteiger partial charge < -0.3 is 64.8 Å². The number of nitrogens with one attached hydrogen (secondary N) is 2. The van der Waals surface area contributed by atoms with Crippen LogP contribution in [0.1, 0.15) is 35.2 Å². The van der Waals surface area contributed by atoms with E-state index in [2.05, 4.69) is 64.0 Å². The number of methoxy groups -OCH3 is 1. The number of benzene rings is 3. The number of amides is 2. The number of nitrogens with two attached hydrogens (primary N) is 2. The van der Waals surface area contributed by atoms with Crippen LogP contribution in [-0.2, 0) is 40.3 Å². The first-order chi connectivity index (χ1) is 33.0. The van der Waals surface area contributed by atoms with Gasteiger partial charge in [0, 0.05) is 66.7 Å². The van der Waals surface area contributed by atoms with E-state index in [1.165, 1.54) is 18.0 Å². The second-order valence-electron chi connectivity index (χ2n) is 14.6. The number of anilines is 1. The van der Waals surface area contributed by atoms with Gasteiger partial charge in [0.05, 0.1) is 88.6 Å². The first-order valence-electron chi connectivity index (χ1n) is 22.1. The lowest BCUT2D eigenvalue weighted by molar-refractivity contribution is -0.121. The molecule has 0 radical (unpaired) electrons. The zero-order valence-corrected chi connectivity index (χ0v) is 40.8. The van der Waals surface area contributed by atoms with Crippen molar-refractivity contribution < 1.29 is 42.8 Å². The van der Waals surface area contributed by atoms with Crippen LogP contribution in [0.2, 0.25) is 5.02 Å². The molecule has 6 N–H and O–H groups in total. The molecular formula is C51H70ClN7O9. The molecule has 16 nitrogen and oxygen atoms in total. The number of aryl methyl sites for hydroxylation is 2. The van der Waals surface area contributed by atoms with E-state index in [0.717, 1.165) is 41.7 Å². The van der Waals surface area contributed by atoms with Crippen molar-refractivity contribution in [3.05, 3.63) is 126 Å². The van der Waals surface area contributed by atoms with Gasteiger partial charge in [-0.1, -0.05) is 36.9 Å². The van der Waals surface area contributed by atoms with Crippen LogP contribution >= 0.6 is 11.6 Å². The predicted octanol–water partition coefficient (Wildman–Crippen LogP) is 7.32. The quantitative estimate of drug-likeness (QED) is 0.0250. The van der Waals surface area contributed by atoms with Gasteiger partial charge in [-0.3, -0.25) is 14.6 Å². The summed E-state index contributed by atoms with van der Waals surface area (Å²) in [5.74, 6) is 1.24. The summed E-state index contributed by atoms with van der Waals surface area (Å²) < 4.78 is 35.4. The minimum Gasteiger partial charge on any atom is -0.497 e. The van der Waals surface area contributed by atoms with E-state index < -0.39 is 0 Å². The lowest BCUT2D eigenvalue weighted by atomic mass is 10.0. The molecule has 0 spiro atoms. The molecule has 4 aromatic rings. The molecule has 1 aliphatic rings. The number of rotatable bonds is 23. The Labute approximate surface area is 406 Å². The van der Waals surface area contributed by atoms with Crippen molar-refractivity contribution in [3.8, 4) is 16.9 Å². The smallest absolute Gasteiger partial charge is 0.251 e. The topological polar surface area (TPSA) is 203 Å². The van der Waals surface area contributed by atoms with Crippen LogP contribution in [0, 0.1) is 6.92 Å². The van der Waals surface area contributed by atoms with Gasteiger partial charge in [-0.25, -0.2) is 0 Å². The molecule has 0 fully saturated rings. The highest BCUT2D eigenvalue weighted by Crippen LogP contribution is 2.36. The van der Waals surface area contributed by atoms with Crippen LogP contribution in [-0.4, -0.2) is 128 Å². The first-order valence-corrected chi connectivity index (χ1v) is 22.5. The molecule has 68 heavy (non-hydrogen) atoms. The highest BCUT2D eigenvalue weighted by atomic mass is 35.5. The second kappa shape index (κ2) is 34.1. The van der Waals surface area contributed by atoms with Crippen molar-refractivity contribution >= 4 is 59.2 Å². The van der Waals surface area contributed by atoms with Gasteiger partial charge in [0.25, 0.3) is 5.91 Å². The number of halogens is 1. The van der Waals surface area contributed by atoms with E-state index in [-0.39, 0.29) is 18.4 Å². The molecule has 2 amide bonds. The minimum atomic E-state index is -0.152. The summed E-state index contributed by atoms with van der Waals surface area (Å²) in [5.41, 5.74) is 16.8. The van der Waals surface area contributed by atoms with Crippen LogP contribution in [0.5, 0.6) is 5.75 Å². The maximum absolute atomic E-state index is 12.3. The summed E-state index contributed by atoms with van der Waals surface area (Å²) in [5, 5.41) is 7.39. The fourth-order valence-corrected chi connectivity index (χ4v) is 6.69. The molecule has 0 atom stereocenters. The summed E-state index contributed by atoms with van der Waals surface area (Å²) in [6, 6.07) is 17.3. The number of hydrogen-bond donors (Lipinski definition) is 4. The largest absolute Gasteiger partial charge is 0.497 e. The van der Waals surface area contributed by atoms with Crippen molar-refractivity contribution in [2.75, 3.05) is 99.0 Å². The Bertz CT molecular complexity index is 2240. The summed E-state index contributed by atoms with van der Waals surface area (Å²) >= 11 is 6.30. The number of hydrogen-bond acceptors (Lipinski definition) is 13. The van der Waals surface area contributed by atoms with Gasteiger partial charge in [-0.15, -0.1) is 0 Å². The maximum atomic E-state index is 12.3. The number of nitrogens with zero attached hydrogens (tertiary/aromatic N) is 3. The molecule has 370 valence electrons. The number of aromatic nitrogens is 1. The van der Waals surface area contributed by atoms with E-state index in [4.69, 9.17) is 50.6 Å². The average molecular weight is 961 g/mol. The van der Waals surface area contributed by atoms with Crippen molar-refractivity contribution in [2.24, 2.45) is 17.8 Å². The summed E-state index contributed by atoms with van der Waals surface area (Å²) in [6.45, 7) is 20.6. The number of aliphatic imine (C=N–C) groups is 1. The lowest BCUT2D eigenvalue weighted by Gasteiger charge is -2.24. The zero-order chi connectivity index (χ0) is 50.1. The molecular weight excluding hydrogens is 890 g/mol. The van der Waals surface area contributed by atoms with Crippen LogP contribution in [0.4, 0.5) is 11.4 Å². The first kappa shape index (κ1) is 57.9. The Morgan fingerprint density at radius 2 is 1.63 bits per heavy atom. The zero-order valence-electron chi connectivity index (χ0n) is 40.1. The van der Waals surface area contributed by atoms with Gasteiger partial charge in [0.1, 0.15) is 19.1 Å². The Morgan fingerprint density at radius 3 is 2.29 bits per heavy atom. The summed E-state index contributed by atoms with van der Waals surface area (Å²) in [4.78, 5) is 38.1. The third-order valence-corrected chi connectivity index (χ3v) is 10.3. The number of ether oxygens (including phenoxy) is 6. The van der Waals surface area contributed by atoms with E-state index in [1.807, 2.05) is 62.2 Å². The van der Waals surface area contributed by atoms with Crippen LogP contribution in [0.3, 0.4) is 0 Å². The molecule has 3 aromatic carbocycles. The summed E-state index contributed by atoms with van der Waals surface area (Å²) in [6.07, 6.45) is 11.5. The third-order valence-electron chi connectivity index (χ3n) is 10.0. The molecule has 5 rings (SSSR count). The van der Waals surface area contributed by atoms with Crippen molar-refractivity contribution in [3.63, 3.8) is 0 Å². The second-order valence-corrected chi connectivity index (χ2v) is 15.0. The van der Waals surface area contributed by atoms with Gasteiger partial charge in [-0.05, 0) is 105 Å². The molecule has 0 bridgehead atoms. The predicted molar refractivity (Wildman–Crippen MR) is 274 cm³/mol. The highest BCUT2D eigenvalue weighted by Gasteiger charge is 2.13. The van der Waals surface area contributed by atoms with Crippen molar-refractivity contribution in [1.82, 2.24) is 20.1 Å². The van der Waals surface area contributed by atoms with Gasteiger partial charge in [0.15, 0.2) is 0 Å². The van der Waals surface area contributed by atoms with Crippen LogP contribution in [0.25, 0.3) is 22.0 Å². The molecule has 0 saturated carbocycles. The number of carbonyl (C=O) groups is 3. The number of unbranched alkanes of at least 4 members (excludes halogenated alkanes) is 1. The minimum absolute atomic E-state index is 0.114. The molecule has 2 heterocycles. The van der Waals surface area contributed by atoms with Crippen molar-refractivity contribution in [2.45, 2.75) is 26.2 Å². The molecule has 0 aliphatic carbocycles. The van der Waals surface area contributed by atoms with Crippen molar-refractivity contribution in [1.29, 1.82) is 0 Å². The number of allylic oxidation sites excluding steroid dienone is 4. The fraction of sp³-hybridized carbons (Fsp3) is 0.373. The lowest BCUT2D eigenvalue weighted by Crippen LogP contribution is -2.35. The van der Waals surface area contributed by atoms with E-state index >= 15 is 0 Å². The number of fused-ring (bicyclic) bond motifs is 1. The van der Waals surface area contributed by atoms with E-state index in [1.54, 1.807) is 37.6 Å². The number of nitrogen functional groups attached to an aromatic ring is 1. The van der Waals surface area contributed by atoms with Gasteiger partial charge in [0.2, 0.25) is 5.91 Å². The third kappa shape index (κ3) is 20.7. The molecule has 1 aliphatic heterocycles. The Morgan fingerprint density at radius 1 is 0.956 bits per heavy atom. The summed E-state index contributed by atoms with van der Waals surface area (Å²) in [7, 11) is 5.10. The van der Waals surface area contributed by atoms with Crippen LogP contribution in [0.15, 0.2) is 115 Å². The normalized spacial score (nSPS) is 13.5. The molecule has 1 aromatic heterocycles. The van der Waals surface area contributed by atoms with Gasteiger partial charge >= 0.3 is 0 Å². The van der Waals surface area contributed by atoms with Crippen LogP contribution < -0.4 is 26.8 Å². The SMILES string of the molecule is C=CC(=C)N1CCO/C(CCCCOCCOCCOCCOCCNC(=O)c2cc(OC)ccc2C)=C\C=C\NC(=O)C1.C=Nc1cc(-c2ccc3c(ccn3C)c2)c(Cl)cc1N.C=O.CN. The number of carbonyl (C=O) groups excluding carboxylic acids is 3. The monoisotopic (exact) mass is 959 g/mol. The molecule has 0 saturated heterocycles. The standard InChI is InChI=1S/C33H49N3O8.C16H14ClN3.CH5N.CH2O/c1-5-28(3)36-15-18-44-29(10-8-13-34-32(37)26-36)9-6-7-16-40-19-21-42-23-24-43-22-20-41-17-14-35-33(38)31-25-30(39-4)12-11-27(31)2;1-19-15-8-12(13(17)9-14(15)18)10-3-4-16-11(7-10)5-6-20(16)2;2*1-2/h5,8,10-13,25H,1,3,6-7,9,14-24,26H2,2,4H3,(H,34,37)(H,35,38);3-9H,1,18H2,2H3;2H2,1H3;1H2/b13-8+,29-10-;;;.